The van der Waals surface area contributed by atoms with Gasteiger partial charge in [-0.3, -0.25) is 0 Å². The number of aryl methyl sites for hydroxylation is 1. The standard InChI is InChI=1S/C17H24N2/c1-2-3-4-5-6-7-13-8-9-14-11-16(18)17(19)12-15(14)10-13/h8-12H,2-7,18-19H2,1H3. The van der Waals surface area contributed by atoms with Crippen molar-refractivity contribution in [3.8, 4) is 0 Å². The highest BCUT2D eigenvalue weighted by Crippen LogP contribution is 2.25. The summed E-state index contributed by atoms with van der Waals surface area (Å²) in [5, 5.41) is 2.36. The number of benzene rings is 2. The Morgan fingerprint density at radius 3 is 2.21 bits per heavy atom. The van der Waals surface area contributed by atoms with Crippen molar-refractivity contribution in [3.63, 3.8) is 0 Å². The number of nitrogen functional groups attached to an aromatic ring is 2. The number of hydrogen-bond acceptors (Lipinski definition) is 2. The maximum absolute atomic E-state index is 5.87. The van der Waals surface area contributed by atoms with Crippen LogP contribution in [0.4, 0.5) is 11.4 Å². The van der Waals surface area contributed by atoms with Crippen molar-refractivity contribution in [2.45, 2.75) is 45.4 Å². The van der Waals surface area contributed by atoms with Gasteiger partial charge >= 0.3 is 0 Å². The molecule has 2 heteroatoms. The van der Waals surface area contributed by atoms with E-state index in [0.29, 0.717) is 11.4 Å². The molecule has 0 bridgehead atoms. The molecule has 4 N–H and O–H groups in total. The maximum Gasteiger partial charge on any atom is 0.0554 e. The number of unbranched alkanes of at least 4 members (excludes halogenated alkanes) is 4. The molecule has 0 amide bonds. The molecule has 0 atom stereocenters. The first kappa shape index (κ1) is 13.7. The predicted molar refractivity (Wildman–Crippen MR) is 85.2 cm³/mol. The Morgan fingerprint density at radius 2 is 1.47 bits per heavy atom. The lowest BCUT2D eigenvalue weighted by molar-refractivity contribution is 0.632. The second kappa shape index (κ2) is 6.46. The zero-order valence-corrected chi connectivity index (χ0v) is 11.8. The summed E-state index contributed by atoms with van der Waals surface area (Å²) in [7, 11) is 0. The molecular weight excluding hydrogens is 232 g/mol. The van der Waals surface area contributed by atoms with Gasteiger partial charge < -0.3 is 11.5 Å². The first-order valence-corrected chi connectivity index (χ1v) is 7.28. The summed E-state index contributed by atoms with van der Waals surface area (Å²) in [5.41, 5.74) is 14.4. The quantitative estimate of drug-likeness (QED) is 0.590. The maximum atomic E-state index is 5.87. The lowest BCUT2D eigenvalue weighted by atomic mass is 10.0. The Hall–Kier alpha value is -1.70. The molecule has 0 aliphatic rings. The van der Waals surface area contributed by atoms with Crippen molar-refractivity contribution in [2.75, 3.05) is 11.5 Å². The van der Waals surface area contributed by atoms with Crippen LogP contribution < -0.4 is 11.5 Å². The van der Waals surface area contributed by atoms with Crippen LogP contribution in [-0.4, -0.2) is 0 Å². The molecule has 102 valence electrons. The van der Waals surface area contributed by atoms with Gasteiger partial charge in [-0.1, -0.05) is 50.8 Å². The Bertz CT molecular complexity index is 546. The molecule has 0 saturated heterocycles. The fourth-order valence-corrected chi connectivity index (χ4v) is 2.47. The van der Waals surface area contributed by atoms with Gasteiger partial charge in [-0.25, -0.2) is 0 Å². The molecule has 0 fully saturated rings. The van der Waals surface area contributed by atoms with Crippen LogP contribution in [-0.2, 0) is 6.42 Å². The topological polar surface area (TPSA) is 52.0 Å². The Balaban J connectivity index is 2.03. The second-order valence-electron chi connectivity index (χ2n) is 5.33. The van der Waals surface area contributed by atoms with Crippen LogP contribution in [0.3, 0.4) is 0 Å². The highest BCUT2D eigenvalue weighted by Gasteiger charge is 2.01. The molecule has 0 unspecified atom stereocenters. The molecule has 0 saturated carbocycles. The molecule has 0 aliphatic carbocycles. The molecule has 0 spiro atoms. The van der Waals surface area contributed by atoms with Crippen molar-refractivity contribution in [3.05, 3.63) is 35.9 Å². The van der Waals surface area contributed by atoms with Crippen LogP contribution in [0.2, 0.25) is 0 Å². The fraction of sp³-hybridized carbons (Fsp3) is 0.412. The van der Waals surface area contributed by atoms with Gasteiger partial charge in [0.05, 0.1) is 11.4 Å². The number of anilines is 2. The fourth-order valence-electron chi connectivity index (χ4n) is 2.47. The second-order valence-corrected chi connectivity index (χ2v) is 5.33. The summed E-state index contributed by atoms with van der Waals surface area (Å²) in [6.45, 7) is 2.25. The largest absolute Gasteiger partial charge is 0.397 e. The first-order chi connectivity index (χ1) is 9.20. The first-order valence-electron chi connectivity index (χ1n) is 7.28. The van der Waals surface area contributed by atoms with Crippen molar-refractivity contribution in [1.29, 1.82) is 0 Å². The van der Waals surface area contributed by atoms with Crippen molar-refractivity contribution < 1.29 is 0 Å². The van der Waals surface area contributed by atoms with Crippen LogP contribution >= 0.6 is 0 Å². The van der Waals surface area contributed by atoms with Gasteiger partial charge in [0.2, 0.25) is 0 Å². The van der Waals surface area contributed by atoms with E-state index in [-0.39, 0.29) is 0 Å². The van der Waals surface area contributed by atoms with E-state index in [1.807, 2.05) is 12.1 Å². The summed E-state index contributed by atoms with van der Waals surface area (Å²) in [4.78, 5) is 0. The SMILES string of the molecule is CCCCCCCc1ccc2cc(N)c(N)cc2c1. The molecule has 19 heavy (non-hydrogen) atoms. The average Bonchev–Trinajstić information content (AvgIpc) is 2.40. The number of nitrogens with two attached hydrogens (primary N) is 2. The van der Waals surface area contributed by atoms with Gasteiger partial charge in [0, 0.05) is 0 Å². The van der Waals surface area contributed by atoms with Crippen molar-refractivity contribution in [2.24, 2.45) is 0 Å². The normalized spacial score (nSPS) is 11.0. The summed E-state index contributed by atoms with van der Waals surface area (Å²) in [5.74, 6) is 0. The Kier molecular flexibility index (Phi) is 4.67. The third-order valence-corrected chi connectivity index (χ3v) is 3.68. The van der Waals surface area contributed by atoms with E-state index in [2.05, 4.69) is 25.1 Å². The van der Waals surface area contributed by atoms with Crippen LogP contribution in [0.15, 0.2) is 30.3 Å². The third-order valence-electron chi connectivity index (χ3n) is 3.68. The number of hydrogen-bond donors (Lipinski definition) is 2. The summed E-state index contributed by atoms with van der Waals surface area (Å²) < 4.78 is 0. The smallest absolute Gasteiger partial charge is 0.0554 e. The third kappa shape index (κ3) is 3.63. The minimum atomic E-state index is 0.666. The average molecular weight is 256 g/mol. The molecule has 0 heterocycles. The number of rotatable bonds is 6. The van der Waals surface area contributed by atoms with Crippen LogP contribution in [0.1, 0.15) is 44.6 Å². The van der Waals surface area contributed by atoms with E-state index in [1.54, 1.807) is 0 Å². The van der Waals surface area contributed by atoms with Gasteiger partial charge in [0.25, 0.3) is 0 Å². The van der Waals surface area contributed by atoms with Crippen LogP contribution in [0.5, 0.6) is 0 Å². The van der Waals surface area contributed by atoms with E-state index in [0.717, 1.165) is 6.42 Å². The van der Waals surface area contributed by atoms with Crippen LogP contribution in [0.25, 0.3) is 10.8 Å². The summed E-state index contributed by atoms with van der Waals surface area (Å²) >= 11 is 0. The molecule has 2 aromatic rings. The zero-order chi connectivity index (χ0) is 13.7. The van der Waals surface area contributed by atoms with Gasteiger partial charge in [-0.15, -0.1) is 0 Å². The molecule has 0 radical (unpaired) electrons. The van der Waals surface area contributed by atoms with E-state index >= 15 is 0 Å². The van der Waals surface area contributed by atoms with E-state index in [9.17, 15) is 0 Å². The monoisotopic (exact) mass is 256 g/mol. The Labute approximate surface area is 115 Å². The molecular formula is C17H24N2. The summed E-state index contributed by atoms with van der Waals surface area (Å²) in [6.07, 6.45) is 7.77. The van der Waals surface area contributed by atoms with Crippen molar-refractivity contribution >= 4 is 22.1 Å². The minimum absolute atomic E-state index is 0.666. The van der Waals surface area contributed by atoms with Gasteiger partial charge in [0.15, 0.2) is 0 Å². The molecule has 0 aliphatic heterocycles. The zero-order valence-electron chi connectivity index (χ0n) is 11.8. The predicted octanol–water partition coefficient (Wildman–Crippen LogP) is 4.52. The van der Waals surface area contributed by atoms with Crippen molar-refractivity contribution in [1.82, 2.24) is 0 Å². The highest BCUT2D eigenvalue weighted by molar-refractivity contribution is 5.91. The minimum Gasteiger partial charge on any atom is -0.397 e. The van der Waals surface area contributed by atoms with Gasteiger partial charge in [-0.05, 0) is 41.3 Å². The van der Waals surface area contributed by atoms with Gasteiger partial charge in [-0.2, -0.15) is 0 Å². The van der Waals surface area contributed by atoms with Crippen LogP contribution in [0, 0.1) is 0 Å². The number of fused-ring (bicyclic) bond motifs is 1. The summed E-state index contributed by atoms with van der Waals surface area (Å²) in [6, 6.07) is 10.5. The lowest BCUT2D eigenvalue weighted by Crippen LogP contribution is -1.94. The molecule has 2 nitrogen and oxygen atoms in total. The Morgan fingerprint density at radius 1 is 0.789 bits per heavy atom. The van der Waals surface area contributed by atoms with E-state index in [1.165, 1.54) is 48.4 Å². The molecule has 2 rings (SSSR count). The van der Waals surface area contributed by atoms with E-state index < -0.39 is 0 Å². The van der Waals surface area contributed by atoms with E-state index in [4.69, 9.17) is 11.5 Å². The lowest BCUT2D eigenvalue weighted by Gasteiger charge is -2.07. The highest BCUT2D eigenvalue weighted by atomic mass is 14.7. The molecule has 0 aromatic heterocycles. The van der Waals surface area contributed by atoms with Gasteiger partial charge in [0.1, 0.15) is 0 Å². The molecule has 2 aromatic carbocycles.